The van der Waals surface area contributed by atoms with Crippen LogP contribution >= 0.6 is 0 Å². The van der Waals surface area contributed by atoms with Crippen molar-refractivity contribution in [2.45, 2.75) is 44.7 Å². The molecule has 2 atom stereocenters. The summed E-state index contributed by atoms with van der Waals surface area (Å²) in [6, 6.07) is 7.26. The summed E-state index contributed by atoms with van der Waals surface area (Å²) in [5, 5.41) is 8.17. The number of hydrogen-bond acceptors (Lipinski definition) is 3. The lowest BCUT2D eigenvalue weighted by Crippen LogP contribution is -2.18. The van der Waals surface area contributed by atoms with Crippen molar-refractivity contribution in [1.29, 1.82) is 0 Å². The molecule has 1 aromatic heterocycles. The van der Waals surface area contributed by atoms with E-state index in [4.69, 9.17) is 4.74 Å². The fourth-order valence-electron chi connectivity index (χ4n) is 3.19. The first-order valence-corrected chi connectivity index (χ1v) is 8.09. The summed E-state index contributed by atoms with van der Waals surface area (Å²) in [4.78, 5) is 0. The van der Waals surface area contributed by atoms with Gasteiger partial charge in [0.25, 0.3) is 0 Å². The molecule has 4 nitrogen and oxygen atoms in total. The minimum Gasteiger partial charge on any atom is -0.481 e. The van der Waals surface area contributed by atoms with Gasteiger partial charge in [0, 0.05) is 25.6 Å². The molecule has 0 aliphatic heterocycles. The van der Waals surface area contributed by atoms with E-state index in [0.717, 1.165) is 30.1 Å². The molecule has 0 spiro atoms. The number of hydrogen-bond donors (Lipinski definition) is 1. The lowest BCUT2D eigenvalue weighted by molar-refractivity contribution is 0.368. The van der Waals surface area contributed by atoms with Crippen molar-refractivity contribution >= 4 is 0 Å². The van der Waals surface area contributed by atoms with Gasteiger partial charge < -0.3 is 10.1 Å². The number of ether oxygens (including phenoxy) is 1. The normalized spacial score (nSPS) is 20.1. The van der Waals surface area contributed by atoms with E-state index < -0.39 is 0 Å². The minimum atomic E-state index is -0.180. The van der Waals surface area contributed by atoms with E-state index >= 15 is 0 Å². The Hall–Kier alpha value is -1.88. The summed E-state index contributed by atoms with van der Waals surface area (Å²) in [6.07, 6.45) is 1.09. The van der Waals surface area contributed by atoms with E-state index in [1.807, 2.05) is 19.2 Å². The van der Waals surface area contributed by atoms with Crippen molar-refractivity contribution in [1.82, 2.24) is 15.1 Å². The molecule has 23 heavy (non-hydrogen) atoms. The summed E-state index contributed by atoms with van der Waals surface area (Å²) in [5.41, 5.74) is 3.41. The van der Waals surface area contributed by atoms with Gasteiger partial charge in [-0.3, -0.25) is 0 Å². The SMILES string of the molecule is COc1c(CNC2CC2c2ccc(F)cc2)c(C(C)C)nn1C. The average Bonchev–Trinajstić information content (AvgIpc) is 3.22. The van der Waals surface area contributed by atoms with E-state index in [0.29, 0.717) is 17.9 Å². The molecule has 0 bridgehead atoms. The molecule has 1 aliphatic carbocycles. The summed E-state index contributed by atoms with van der Waals surface area (Å²) < 4.78 is 20.3. The fraction of sp³-hybridized carbons (Fsp3) is 0.500. The van der Waals surface area contributed by atoms with Gasteiger partial charge in [-0.15, -0.1) is 0 Å². The zero-order chi connectivity index (χ0) is 16.6. The van der Waals surface area contributed by atoms with Crippen LogP contribution in [0.25, 0.3) is 0 Å². The third-order valence-corrected chi connectivity index (χ3v) is 4.49. The van der Waals surface area contributed by atoms with Crippen LogP contribution in [0.15, 0.2) is 24.3 Å². The topological polar surface area (TPSA) is 39.1 Å². The summed E-state index contributed by atoms with van der Waals surface area (Å²) in [5.74, 6) is 1.47. The second kappa shape index (κ2) is 6.32. The van der Waals surface area contributed by atoms with E-state index in [9.17, 15) is 4.39 Å². The van der Waals surface area contributed by atoms with Crippen molar-refractivity contribution in [3.8, 4) is 5.88 Å². The first kappa shape index (κ1) is 16.0. The third kappa shape index (κ3) is 3.24. The van der Waals surface area contributed by atoms with Crippen LogP contribution in [-0.4, -0.2) is 22.9 Å². The Morgan fingerprint density at radius 3 is 2.65 bits per heavy atom. The van der Waals surface area contributed by atoms with Gasteiger partial charge in [0.1, 0.15) is 5.82 Å². The highest BCUT2D eigenvalue weighted by atomic mass is 19.1. The second-order valence-corrected chi connectivity index (χ2v) is 6.53. The molecular formula is C18H24FN3O. The Labute approximate surface area is 136 Å². The molecule has 1 saturated carbocycles. The summed E-state index contributed by atoms with van der Waals surface area (Å²) >= 11 is 0. The zero-order valence-corrected chi connectivity index (χ0v) is 14.1. The van der Waals surface area contributed by atoms with Crippen LogP contribution < -0.4 is 10.1 Å². The van der Waals surface area contributed by atoms with Gasteiger partial charge >= 0.3 is 0 Å². The number of aryl methyl sites for hydroxylation is 1. The standard InChI is InChI=1S/C18H24FN3O/c1-11(2)17-15(18(23-4)22(3)21-17)10-20-16-9-14(16)12-5-7-13(19)8-6-12/h5-8,11,14,16,20H,9-10H2,1-4H3. The monoisotopic (exact) mass is 317 g/mol. The number of benzene rings is 1. The fourth-order valence-corrected chi connectivity index (χ4v) is 3.19. The van der Waals surface area contributed by atoms with E-state index in [1.54, 1.807) is 11.8 Å². The van der Waals surface area contributed by atoms with Crippen molar-refractivity contribution < 1.29 is 9.13 Å². The molecule has 1 heterocycles. The Morgan fingerprint density at radius 1 is 1.35 bits per heavy atom. The number of methoxy groups -OCH3 is 1. The van der Waals surface area contributed by atoms with Gasteiger partial charge in [0.05, 0.1) is 18.4 Å². The highest BCUT2D eigenvalue weighted by molar-refractivity contribution is 5.34. The first-order chi connectivity index (χ1) is 11.0. The molecule has 0 radical (unpaired) electrons. The van der Waals surface area contributed by atoms with Crippen molar-refractivity contribution in [3.63, 3.8) is 0 Å². The number of aromatic nitrogens is 2. The lowest BCUT2D eigenvalue weighted by atomic mass is 10.1. The van der Waals surface area contributed by atoms with Gasteiger partial charge in [-0.05, 0) is 30.0 Å². The van der Waals surface area contributed by atoms with E-state index in [-0.39, 0.29) is 5.82 Å². The van der Waals surface area contributed by atoms with Crippen LogP contribution in [0.1, 0.15) is 48.9 Å². The quantitative estimate of drug-likeness (QED) is 0.888. The van der Waals surface area contributed by atoms with Crippen LogP contribution in [0.4, 0.5) is 4.39 Å². The maximum Gasteiger partial charge on any atom is 0.216 e. The van der Waals surface area contributed by atoms with Crippen molar-refractivity contribution in [2.24, 2.45) is 7.05 Å². The third-order valence-electron chi connectivity index (χ3n) is 4.49. The molecule has 1 aromatic carbocycles. The Morgan fingerprint density at radius 2 is 2.04 bits per heavy atom. The molecule has 1 fully saturated rings. The van der Waals surface area contributed by atoms with Gasteiger partial charge in [-0.2, -0.15) is 5.10 Å². The maximum absolute atomic E-state index is 13.0. The molecule has 3 rings (SSSR count). The molecule has 2 unspecified atom stereocenters. The zero-order valence-electron chi connectivity index (χ0n) is 14.1. The van der Waals surface area contributed by atoms with Crippen molar-refractivity contribution in [2.75, 3.05) is 7.11 Å². The highest BCUT2D eigenvalue weighted by Crippen LogP contribution is 2.41. The summed E-state index contributed by atoms with van der Waals surface area (Å²) in [7, 11) is 3.59. The number of nitrogens with one attached hydrogen (secondary N) is 1. The van der Waals surface area contributed by atoms with Gasteiger partial charge in [0.2, 0.25) is 5.88 Å². The smallest absolute Gasteiger partial charge is 0.216 e. The number of halogens is 1. The van der Waals surface area contributed by atoms with Crippen LogP contribution in [-0.2, 0) is 13.6 Å². The second-order valence-electron chi connectivity index (χ2n) is 6.53. The van der Waals surface area contributed by atoms with E-state index in [1.165, 1.54) is 17.7 Å². The van der Waals surface area contributed by atoms with Gasteiger partial charge in [-0.25, -0.2) is 9.07 Å². The van der Waals surface area contributed by atoms with Crippen LogP contribution in [0.3, 0.4) is 0 Å². The average molecular weight is 317 g/mol. The molecule has 5 heteroatoms. The predicted octanol–water partition coefficient (Wildman–Crippen LogP) is 3.34. The minimum absolute atomic E-state index is 0.180. The number of nitrogens with zero attached hydrogens (tertiary/aromatic N) is 2. The predicted molar refractivity (Wildman–Crippen MR) is 88.2 cm³/mol. The van der Waals surface area contributed by atoms with Crippen LogP contribution in [0, 0.1) is 5.82 Å². The van der Waals surface area contributed by atoms with Gasteiger partial charge in [0.15, 0.2) is 0 Å². The van der Waals surface area contributed by atoms with E-state index in [2.05, 4.69) is 24.3 Å². The Balaban J connectivity index is 1.67. The molecule has 1 N–H and O–H groups in total. The molecule has 124 valence electrons. The Kier molecular flexibility index (Phi) is 4.39. The lowest BCUT2D eigenvalue weighted by Gasteiger charge is -2.09. The van der Waals surface area contributed by atoms with Crippen molar-refractivity contribution in [3.05, 3.63) is 46.9 Å². The highest BCUT2D eigenvalue weighted by Gasteiger charge is 2.38. The first-order valence-electron chi connectivity index (χ1n) is 8.09. The van der Waals surface area contributed by atoms with Crippen LogP contribution in [0.2, 0.25) is 0 Å². The Bertz CT molecular complexity index is 678. The van der Waals surface area contributed by atoms with Crippen LogP contribution in [0.5, 0.6) is 5.88 Å². The maximum atomic E-state index is 13.0. The molecule has 0 amide bonds. The largest absolute Gasteiger partial charge is 0.481 e. The summed E-state index contributed by atoms with van der Waals surface area (Å²) in [6.45, 7) is 5.03. The number of rotatable bonds is 6. The molecule has 2 aromatic rings. The van der Waals surface area contributed by atoms with Gasteiger partial charge in [-0.1, -0.05) is 26.0 Å². The molecule has 1 aliphatic rings. The molecular weight excluding hydrogens is 293 g/mol. The molecule has 0 saturated heterocycles.